The zero-order valence-electron chi connectivity index (χ0n) is 8.56. The quantitative estimate of drug-likeness (QED) is 0.447. The van der Waals surface area contributed by atoms with Crippen molar-refractivity contribution >= 4 is 11.5 Å². The lowest BCUT2D eigenvalue weighted by Gasteiger charge is -2.04. The molecule has 0 fully saturated rings. The van der Waals surface area contributed by atoms with E-state index >= 15 is 0 Å². The average Bonchev–Trinajstić information content (AvgIpc) is 2.28. The van der Waals surface area contributed by atoms with Gasteiger partial charge in [-0.15, -0.1) is 0 Å². The molecule has 0 atom stereocenters. The van der Waals surface area contributed by atoms with Crippen molar-refractivity contribution in [1.82, 2.24) is 0 Å². The molecule has 0 saturated carbocycles. The van der Waals surface area contributed by atoms with Crippen LogP contribution in [0, 0.1) is 0 Å². The first-order valence-electron chi connectivity index (χ1n) is 4.66. The fraction of sp³-hybridized carbons (Fsp3) is 0. The second-order valence-electron chi connectivity index (χ2n) is 2.78. The maximum atomic E-state index is 4.09. The minimum Gasteiger partial charge on any atom is -0.340 e. The first kappa shape index (κ1) is 11.0. The maximum absolute atomic E-state index is 4.09. The third kappa shape index (κ3) is 4.09. The minimum absolute atomic E-state index is 0.733. The molecule has 76 valence electrons. The van der Waals surface area contributed by atoms with Gasteiger partial charge in [0.25, 0.3) is 0 Å². The molecule has 1 N–H and O–H groups in total. The van der Waals surface area contributed by atoms with Crippen LogP contribution in [0.25, 0.3) is 0 Å². The number of hydrogen-bond acceptors (Lipinski definition) is 1. The Hall–Kier alpha value is -2.09. The molecule has 15 heavy (non-hydrogen) atoms. The first-order chi connectivity index (χ1) is 7.36. The lowest BCUT2D eigenvalue weighted by molar-refractivity contribution is 1.53. The summed E-state index contributed by atoms with van der Waals surface area (Å²) < 4.78 is 0. The lowest BCUT2D eigenvalue weighted by Crippen LogP contribution is -2.07. The Morgan fingerprint density at radius 1 is 1.20 bits per heavy atom. The SMILES string of the molecule is C=C/C=C\C(=NC=C)Nc1ccccc1. The highest BCUT2D eigenvalue weighted by atomic mass is 15.0. The zero-order valence-corrected chi connectivity index (χ0v) is 8.56. The van der Waals surface area contributed by atoms with Gasteiger partial charge in [0, 0.05) is 11.9 Å². The molecule has 0 saturated heterocycles. The molecular formula is C13H14N2. The second kappa shape index (κ2) is 6.38. The molecule has 0 amide bonds. The summed E-state index contributed by atoms with van der Waals surface area (Å²) in [5.41, 5.74) is 0.992. The molecule has 1 rings (SSSR count). The zero-order chi connectivity index (χ0) is 10.9. The van der Waals surface area contributed by atoms with E-state index in [9.17, 15) is 0 Å². The molecule has 0 aliphatic rings. The Labute approximate surface area is 90.4 Å². The van der Waals surface area contributed by atoms with E-state index in [1.165, 1.54) is 6.20 Å². The van der Waals surface area contributed by atoms with Crippen LogP contribution in [-0.4, -0.2) is 5.84 Å². The van der Waals surface area contributed by atoms with Crippen LogP contribution in [0.2, 0.25) is 0 Å². The Morgan fingerprint density at radius 3 is 2.53 bits per heavy atom. The summed E-state index contributed by atoms with van der Waals surface area (Å²) in [6.45, 7) is 7.17. The topological polar surface area (TPSA) is 24.4 Å². The fourth-order valence-electron chi connectivity index (χ4n) is 1.04. The van der Waals surface area contributed by atoms with Crippen LogP contribution < -0.4 is 5.32 Å². The standard InChI is InChI=1S/C13H14N2/c1-3-5-11-13(14-4-2)15-12-9-7-6-8-10-12/h3-11H,1-2H2,(H,14,15)/b11-5-. The molecule has 2 heteroatoms. The number of para-hydroxylation sites is 1. The third-order valence-electron chi connectivity index (χ3n) is 1.67. The number of hydrogen-bond donors (Lipinski definition) is 1. The number of nitrogens with zero attached hydrogens (tertiary/aromatic N) is 1. The summed E-state index contributed by atoms with van der Waals surface area (Å²) in [7, 11) is 0. The molecule has 2 nitrogen and oxygen atoms in total. The summed E-state index contributed by atoms with van der Waals surface area (Å²) in [4.78, 5) is 4.09. The van der Waals surface area contributed by atoms with Gasteiger partial charge in [0.15, 0.2) is 0 Å². The van der Waals surface area contributed by atoms with Crippen LogP contribution in [0.5, 0.6) is 0 Å². The maximum Gasteiger partial charge on any atom is 0.130 e. The van der Waals surface area contributed by atoms with E-state index in [2.05, 4.69) is 23.5 Å². The Balaban J connectivity index is 2.76. The molecule has 1 aromatic carbocycles. The minimum atomic E-state index is 0.733. The number of nitrogens with one attached hydrogen (secondary N) is 1. The van der Waals surface area contributed by atoms with E-state index in [0.717, 1.165) is 11.5 Å². The van der Waals surface area contributed by atoms with Crippen molar-refractivity contribution in [2.45, 2.75) is 0 Å². The third-order valence-corrected chi connectivity index (χ3v) is 1.67. The van der Waals surface area contributed by atoms with Crippen LogP contribution >= 0.6 is 0 Å². The molecule has 0 spiro atoms. The van der Waals surface area contributed by atoms with E-state index < -0.39 is 0 Å². The number of benzene rings is 1. The smallest absolute Gasteiger partial charge is 0.130 e. The van der Waals surface area contributed by atoms with Gasteiger partial charge in [0.2, 0.25) is 0 Å². The van der Waals surface area contributed by atoms with Crippen LogP contribution in [0.1, 0.15) is 0 Å². The van der Waals surface area contributed by atoms with Gasteiger partial charge in [-0.3, -0.25) is 0 Å². The van der Waals surface area contributed by atoms with Gasteiger partial charge in [0.05, 0.1) is 0 Å². The Kier molecular flexibility index (Phi) is 4.67. The van der Waals surface area contributed by atoms with E-state index in [0.29, 0.717) is 0 Å². The van der Waals surface area contributed by atoms with Crippen LogP contribution in [-0.2, 0) is 0 Å². The summed E-state index contributed by atoms with van der Waals surface area (Å²) >= 11 is 0. The van der Waals surface area contributed by atoms with Gasteiger partial charge in [-0.1, -0.05) is 43.5 Å². The molecule has 0 aliphatic heterocycles. The number of anilines is 1. The van der Waals surface area contributed by atoms with Crippen LogP contribution in [0.15, 0.2) is 72.9 Å². The van der Waals surface area contributed by atoms with Gasteiger partial charge in [-0.2, -0.15) is 0 Å². The second-order valence-corrected chi connectivity index (χ2v) is 2.78. The van der Waals surface area contributed by atoms with Crippen molar-refractivity contribution in [3.8, 4) is 0 Å². The fourth-order valence-corrected chi connectivity index (χ4v) is 1.04. The largest absolute Gasteiger partial charge is 0.340 e. The Bertz CT molecular complexity index is 375. The van der Waals surface area contributed by atoms with Crippen molar-refractivity contribution in [1.29, 1.82) is 0 Å². The molecule has 0 aliphatic carbocycles. The number of rotatable bonds is 4. The van der Waals surface area contributed by atoms with Crippen molar-refractivity contribution in [3.05, 3.63) is 67.9 Å². The van der Waals surface area contributed by atoms with E-state index in [-0.39, 0.29) is 0 Å². The van der Waals surface area contributed by atoms with Crippen LogP contribution in [0.3, 0.4) is 0 Å². The van der Waals surface area contributed by atoms with Gasteiger partial charge < -0.3 is 5.32 Å². The monoisotopic (exact) mass is 198 g/mol. The molecule has 1 aromatic rings. The molecule has 0 aromatic heterocycles. The van der Waals surface area contributed by atoms with Crippen molar-refractivity contribution in [2.24, 2.45) is 4.99 Å². The normalized spacial score (nSPS) is 11.3. The number of allylic oxidation sites excluding steroid dienone is 2. The summed E-state index contributed by atoms with van der Waals surface area (Å²) in [6.07, 6.45) is 6.85. The van der Waals surface area contributed by atoms with Gasteiger partial charge >= 0.3 is 0 Å². The van der Waals surface area contributed by atoms with Crippen LogP contribution in [0.4, 0.5) is 5.69 Å². The summed E-state index contributed by atoms with van der Waals surface area (Å²) in [5.74, 6) is 0.733. The summed E-state index contributed by atoms with van der Waals surface area (Å²) in [6, 6.07) is 9.84. The summed E-state index contributed by atoms with van der Waals surface area (Å²) in [5, 5.41) is 3.16. The van der Waals surface area contributed by atoms with Gasteiger partial charge in [-0.25, -0.2) is 4.99 Å². The van der Waals surface area contributed by atoms with Crippen molar-refractivity contribution in [2.75, 3.05) is 5.32 Å². The molecule has 0 heterocycles. The van der Waals surface area contributed by atoms with E-state index in [4.69, 9.17) is 0 Å². The highest BCUT2D eigenvalue weighted by molar-refractivity contribution is 6.04. The average molecular weight is 198 g/mol. The predicted octanol–water partition coefficient (Wildman–Crippen LogP) is 3.38. The predicted molar refractivity (Wildman–Crippen MR) is 67.0 cm³/mol. The molecular weight excluding hydrogens is 184 g/mol. The molecule has 0 bridgehead atoms. The molecule has 0 radical (unpaired) electrons. The Morgan fingerprint density at radius 2 is 1.93 bits per heavy atom. The van der Waals surface area contributed by atoms with Gasteiger partial charge in [0.1, 0.15) is 5.84 Å². The first-order valence-corrected chi connectivity index (χ1v) is 4.66. The number of aliphatic imine (C=N–C) groups is 1. The highest BCUT2D eigenvalue weighted by Gasteiger charge is 1.92. The van der Waals surface area contributed by atoms with E-state index in [1.807, 2.05) is 42.5 Å². The molecule has 0 unspecified atom stereocenters. The lowest BCUT2D eigenvalue weighted by atomic mass is 10.3. The van der Waals surface area contributed by atoms with Gasteiger partial charge in [-0.05, 0) is 18.2 Å². The van der Waals surface area contributed by atoms with Crippen molar-refractivity contribution in [3.63, 3.8) is 0 Å². The van der Waals surface area contributed by atoms with E-state index in [1.54, 1.807) is 6.08 Å². The van der Waals surface area contributed by atoms with Crippen molar-refractivity contribution < 1.29 is 0 Å². The highest BCUT2D eigenvalue weighted by Crippen LogP contribution is 2.05. The number of amidine groups is 1.